The molecular weight excluding hydrogens is 480 g/mol. The maximum atomic E-state index is 12.7. The molecule has 8 nitrogen and oxygen atoms in total. The van der Waals surface area contributed by atoms with E-state index in [0.29, 0.717) is 35.2 Å². The summed E-state index contributed by atoms with van der Waals surface area (Å²) in [4.78, 5) is 25.0. The van der Waals surface area contributed by atoms with Gasteiger partial charge in [0, 0.05) is 29.8 Å². The summed E-state index contributed by atoms with van der Waals surface area (Å²) in [6, 6.07) is 19.5. The van der Waals surface area contributed by atoms with E-state index < -0.39 is 0 Å². The second-order valence-electron chi connectivity index (χ2n) is 9.67. The van der Waals surface area contributed by atoms with Gasteiger partial charge in [-0.25, -0.2) is 9.80 Å². The maximum Gasteiger partial charge on any atom is 0.337 e. The lowest BCUT2D eigenvalue weighted by atomic mass is 9.93. The Balaban J connectivity index is 1.50. The Morgan fingerprint density at radius 3 is 2.05 bits per heavy atom. The Hall–Kier alpha value is -4.33. The summed E-state index contributed by atoms with van der Waals surface area (Å²) in [6.07, 6.45) is 2.73. The second-order valence-corrected chi connectivity index (χ2v) is 9.67. The molecule has 0 radical (unpaired) electrons. The van der Waals surface area contributed by atoms with Crippen LogP contribution in [0.15, 0.2) is 65.8 Å². The zero-order chi connectivity index (χ0) is 26.8. The third-order valence-electron chi connectivity index (χ3n) is 6.98. The van der Waals surface area contributed by atoms with Gasteiger partial charge in [-0.05, 0) is 67.1 Å². The first-order chi connectivity index (χ1) is 18.4. The van der Waals surface area contributed by atoms with Crippen molar-refractivity contribution in [1.29, 1.82) is 0 Å². The van der Waals surface area contributed by atoms with Crippen LogP contribution in [0.4, 0.5) is 4.79 Å². The fourth-order valence-electron chi connectivity index (χ4n) is 4.68. The minimum Gasteiger partial charge on any atom is -0.493 e. The zero-order valence-electron chi connectivity index (χ0n) is 22.1. The fraction of sp³-hybridized carbons (Fsp3) is 0.300. The lowest BCUT2D eigenvalue weighted by Crippen LogP contribution is -2.41. The van der Waals surface area contributed by atoms with Crippen LogP contribution >= 0.6 is 0 Å². The Morgan fingerprint density at radius 1 is 0.895 bits per heavy atom. The van der Waals surface area contributed by atoms with Gasteiger partial charge in [0.05, 0.1) is 26.0 Å². The summed E-state index contributed by atoms with van der Waals surface area (Å²) < 4.78 is 11.1. The molecule has 0 aromatic heterocycles. The third kappa shape index (κ3) is 5.07. The van der Waals surface area contributed by atoms with Crippen molar-refractivity contribution < 1.29 is 19.1 Å². The normalized spacial score (nSPS) is 16.6. The van der Waals surface area contributed by atoms with Gasteiger partial charge >= 0.3 is 6.03 Å². The van der Waals surface area contributed by atoms with E-state index in [-0.39, 0.29) is 18.0 Å². The van der Waals surface area contributed by atoms with Gasteiger partial charge < -0.3 is 20.1 Å². The highest BCUT2D eigenvalue weighted by atomic mass is 16.5. The number of hydrogen-bond acceptors (Lipinski definition) is 5. The minimum atomic E-state index is -0.274. The molecule has 2 N–H and O–H groups in total. The Bertz CT molecular complexity index is 1380. The molecule has 1 saturated carbocycles. The van der Waals surface area contributed by atoms with Crippen molar-refractivity contribution in [1.82, 2.24) is 15.6 Å². The predicted octanol–water partition coefficient (Wildman–Crippen LogP) is 4.60. The molecule has 1 aliphatic heterocycles. The van der Waals surface area contributed by atoms with Crippen LogP contribution in [-0.4, -0.2) is 56.0 Å². The molecule has 0 spiro atoms. The number of amides is 3. The molecule has 3 aromatic carbocycles. The smallest absolute Gasteiger partial charge is 0.337 e. The highest BCUT2D eigenvalue weighted by molar-refractivity contribution is 6.14. The van der Waals surface area contributed by atoms with Crippen LogP contribution in [0.2, 0.25) is 0 Å². The number of urea groups is 1. The van der Waals surface area contributed by atoms with E-state index >= 15 is 0 Å². The largest absolute Gasteiger partial charge is 0.493 e. The first kappa shape index (κ1) is 25.3. The van der Waals surface area contributed by atoms with Crippen molar-refractivity contribution in [3.63, 3.8) is 0 Å². The molecule has 1 unspecified atom stereocenters. The average molecular weight is 513 g/mol. The van der Waals surface area contributed by atoms with Crippen molar-refractivity contribution in [2.45, 2.75) is 38.3 Å². The summed E-state index contributed by atoms with van der Waals surface area (Å²) in [5.74, 6) is 1.21. The van der Waals surface area contributed by atoms with Crippen LogP contribution in [0.5, 0.6) is 11.5 Å². The van der Waals surface area contributed by atoms with E-state index in [1.807, 2.05) is 67.6 Å². The topological polar surface area (TPSA) is 92.3 Å². The number of methoxy groups -OCH3 is 2. The van der Waals surface area contributed by atoms with E-state index in [1.54, 1.807) is 21.3 Å². The molecule has 8 heteroatoms. The van der Waals surface area contributed by atoms with Gasteiger partial charge in [-0.3, -0.25) is 4.79 Å². The number of hydrogen-bond donors (Lipinski definition) is 2. The molecule has 1 aliphatic carbocycles. The van der Waals surface area contributed by atoms with Crippen molar-refractivity contribution in [3.8, 4) is 22.6 Å². The first-order valence-corrected chi connectivity index (χ1v) is 12.8. The molecule has 3 aromatic rings. The SMILES string of the molecule is CNC(=O)N1N=C(c2ccc(-c3ccc(C(=O)NC4CC4)cc3)cc2)c2cc(OC)c(OC)cc2CC1C. The van der Waals surface area contributed by atoms with Crippen LogP contribution in [0.3, 0.4) is 0 Å². The summed E-state index contributed by atoms with van der Waals surface area (Å²) in [5, 5.41) is 12.0. The van der Waals surface area contributed by atoms with Gasteiger partial charge in [-0.15, -0.1) is 0 Å². The van der Waals surface area contributed by atoms with Crippen LogP contribution in [0, 0.1) is 0 Å². The van der Waals surface area contributed by atoms with Crippen LogP contribution in [0.1, 0.15) is 46.8 Å². The molecule has 5 rings (SSSR count). The first-order valence-electron chi connectivity index (χ1n) is 12.8. The van der Waals surface area contributed by atoms with E-state index in [0.717, 1.165) is 40.7 Å². The van der Waals surface area contributed by atoms with Crippen molar-refractivity contribution in [3.05, 3.63) is 82.9 Å². The number of benzene rings is 3. The quantitative estimate of drug-likeness (QED) is 0.505. The Morgan fingerprint density at radius 2 is 1.47 bits per heavy atom. The minimum absolute atomic E-state index is 0.0265. The molecule has 0 bridgehead atoms. The summed E-state index contributed by atoms with van der Waals surface area (Å²) >= 11 is 0. The summed E-state index contributed by atoms with van der Waals surface area (Å²) in [7, 11) is 4.82. The van der Waals surface area contributed by atoms with Gasteiger partial charge in [0.1, 0.15) is 0 Å². The average Bonchev–Trinajstić information content (AvgIpc) is 3.78. The van der Waals surface area contributed by atoms with E-state index in [2.05, 4.69) is 10.6 Å². The van der Waals surface area contributed by atoms with E-state index in [1.165, 1.54) is 5.01 Å². The number of nitrogens with zero attached hydrogens (tertiary/aromatic N) is 2. The monoisotopic (exact) mass is 512 g/mol. The van der Waals surface area contributed by atoms with E-state index in [9.17, 15) is 9.59 Å². The molecule has 1 atom stereocenters. The number of nitrogens with one attached hydrogen (secondary N) is 2. The highest BCUT2D eigenvalue weighted by Crippen LogP contribution is 2.35. The zero-order valence-corrected chi connectivity index (χ0v) is 22.1. The molecule has 2 aliphatic rings. The molecule has 1 fully saturated rings. The van der Waals surface area contributed by atoms with Gasteiger partial charge in [0.15, 0.2) is 11.5 Å². The standard InChI is InChI=1S/C30H32N4O4/c1-18-15-23-16-26(37-3)27(38-4)17-25(23)28(33-34(18)30(36)31-2)21-9-5-19(6-10-21)20-7-11-22(12-8-20)29(35)32-24-13-14-24/h5-12,16-18,24H,13-15H2,1-4H3,(H,31,36)(H,32,35). The van der Waals surface area contributed by atoms with Crippen molar-refractivity contribution >= 4 is 17.6 Å². The third-order valence-corrected chi connectivity index (χ3v) is 6.98. The Labute approximate surface area is 222 Å². The lowest BCUT2D eigenvalue weighted by Gasteiger charge is -2.22. The van der Waals surface area contributed by atoms with Crippen LogP contribution in [0.25, 0.3) is 11.1 Å². The Kier molecular flexibility index (Phi) is 7.05. The lowest BCUT2D eigenvalue weighted by molar-refractivity contribution is 0.0951. The van der Waals surface area contributed by atoms with Crippen molar-refractivity contribution in [2.75, 3.05) is 21.3 Å². The van der Waals surface area contributed by atoms with Gasteiger partial charge in [0.25, 0.3) is 5.91 Å². The second kappa shape index (κ2) is 10.6. The van der Waals surface area contributed by atoms with Gasteiger partial charge in [0.2, 0.25) is 0 Å². The molecule has 3 amide bonds. The highest BCUT2D eigenvalue weighted by Gasteiger charge is 2.28. The number of ether oxygens (including phenoxy) is 2. The molecule has 0 saturated heterocycles. The summed E-state index contributed by atoms with van der Waals surface area (Å²) in [6.45, 7) is 1.97. The number of carbonyl (C=O) groups excluding carboxylic acids is 2. The molecule has 196 valence electrons. The predicted molar refractivity (Wildman–Crippen MR) is 147 cm³/mol. The van der Waals surface area contributed by atoms with Gasteiger partial charge in [-0.2, -0.15) is 5.10 Å². The number of rotatable bonds is 6. The summed E-state index contributed by atoms with van der Waals surface area (Å²) in [5.41, 5.74) is 6.13. The molecule has 38 heavy (non-hydrogen) atoms. The fourth-order valence-corrected chi connectivity index (χ4v) is 4.68. The van der Waals surface area contributed by atoms with Crippen LogP contribution in [-0.2, 0) is 6.42 Å². The molecular formula is C30H32N4O4. The van der Waals surface area contributed by atoms with Crippen molar-refractivity contribution in [2.24, 2.45) is 5.10 Å². The van der Waals surface area contributed by atoms with Gasteiger partial charge in [-0.1, -0.05) is 36.4 Å². The number of fused-ring (bicyclic) bond motifs is 1. The number of hydrazone groups is 1. The molecule has 1 heterocycles. The van der Waals surface area contributed by atoms with Crippen LogP contribution < -0.4 is 20.1 Å². The number of carbonyl (C=O) groups is 2. The maximum absolute atomic E-state index is 12.7. The van der Waals surface area contributed by atoms with E-state index in [4.69, 9.17) is 14.6 Å².